The number of rotatable bonds is 4. The van der Waals surface area contributed by atoms with Gasteiger partial charge in [-0.1, -0.05) is 18.6 Å². The molecular weight excluding hydrogens is 259 g/mol. The zero-order valence-corrected chi connectivity index (χ0v) is 11.8. The van der Waals surface area contributed by atoms with Gasteiger partial charge in [0.25, 0.3) is 0 Å². The highest BCUT2D eigenvalue weighted by Crippen LogP contribution is 2.22. The number of piperidine rings is 1. The van der Waals surface area contributed by atoms with Crippen LogP contribution >= 0.6 is 0 Å². The van der Waals surface area contributed by atoms with Crippen molar-refractivity contribution < 1.29 is 13.9 Å². The predicted octanol–water partition coefficient (Wildman–Crippen LogP) is 1.81. The second-order valence-electron chi connectivity index (χ2n) is 5.14. The molecule has 1 aliphatic rings. The number of hydrogen-bond donors (Lipinski definition) is 1. The lowest BCUT2D eigenvalue weighted by Gasteiger charge is -2.33. The summed E-state index contributed by atoms with van der Waals surface area (Å²) in [5.41, 5.74) is 6.86. The van der Waals surface area contributed by atoms with Crippen LogP contribution in [-0.4, -0.2) is 30.6 Å². The lowest BCUT2D eigenvalue weighted by molar-refractivity contribution is -0.148. The molecule has 1 aliphatic heterocycles. The Balaban J connectivity index is 2.12. The topological polar surface area (TPSA) is 55.6 Å². The molecule has 110 valence electrons. The summed E-state index contributed by atoms with van der Waals surface area (Å²) in [6.45, 7) is 1.54. The summed E-state index contributed by atoms with van der Waals surface area (Å²) in [7, 11) is 1.39. The van der Waals surface area contributed by atoms with Gasteiger partial charge in [0.1, 0.15) is 11.9 Å². The molecule has 1 atom stereocenters. The first-order valence-corrected chi connectivity index (χ1v) is 6.95. The summed E-state index contributed by atoms with van der Waals surface area (Å²) >= 11 is 0. The van der Waals surface area contributed by atoms with Crippen LogP contribution in [0.3, 0.4) is 0 Å². The first kappa shape index (κ1) is 14.9. The molecule has 0 amide bonds. The fourth-order valence-corrected chi connectivity index (χ4v) is 2.65. The van der Waals surface area contributed by atoms with E-state index in [0.717, 1.165) is 31.4 Å². The molecule has 1 saturated heterocycles. The van der Waals surface area contributed by atoms with Gasteiger partial charge in [-0.05, 0) is 31.0 Å². The summed E-state index contributed by atoms with van der Waals surface area (Å²) < 4.78 is 18.8. The number of benzene rings is 1. The molecular formula is C15H21FN2O2. The van der Waals surface area contributed by atoms with Gasteiger partial charge in [-0.25, -0.2) is 4.39 Å². The Labute approximate surface area is 118 Å². The number of esters is 1. The van der Waals surface area contributed by atoms with E-state index in [4.69, 9.17) is 10.5 Å². The summed E-state index contributed by atoms with van der Waals surface area (Å²) in [5, 5.41) is 0. The normalized spacial score (nSPS) is 19.9. The first-order valence-electron chi connectivity index (χ1n) is 6.95. The molecule has 2 rings (SSSR count). The molecule has 1 fully saturated rings. The van der Waals surface area contributed by atoms with Crippen molar-refractivity contribution in [3.8, 4) is 0 Å². The van der Waals surface area contributed by atoms with Crippen LogP contribution in [-0.2, 0) is 22.6 Å². The molecule has 20 heavy (non-hydrogen) atoms. The zero-order valence-electron chi connectivity index (χ0n) is 11.8. The minimum absolute atomic E-state index is 0.233. The second-order valence-corrected chi connectivity index (χ2v) is 5.14. The smallest absolute Gasteiger partial charge is 0.323 e. The van der Waals surface area contributed by atoms with Gasteiger partial charge < -0.3 is 10.5 Å². The maximum atomic E-state index is 14.0. The number of likely N-dealkylation sites (tertiary alicyclic amines) is 1. The SMILES string of the molecule is COC(=O)C1CCCCN1Cc1ccc(CN)cc1F. The number of nitrogens with two attached hydrogens (primary N) is 1. The maximum Gasteiger partial charge on any atom is 0.323 e. The van der Waals surface area contributed by atoms with E-state index in [-0.39, 0.29) is 17.8 Å². The van der Waals surface area contributed by atoms with Crippen LogP contribution < -0.4 is 5.73 Å². The molecule has 0 radical (unpaired) electrons. The van der Waals surface area contributed by atoms with Crippen molar-refractivity contribution in [1.29, 1.82) is 0 Å². The van der Waals surface area contributed by atoms with E-state index in [9.17, 15) is 9.18 Å². The van der Waals surface area contributed by atoms with E-state index in [1.807, 2.05) is 11.0 Å². The maximum absolute atomic E-state index is 14.0. The summed E-state index contributed by atoms with van der Waals surface area (Å²) in [4.78, 5) is 13.8. The van der Waals surface area contributed by atoms with E-state index in [1.54, 1.807) is 6.07 Å². The highest BCUT2D eigenvalue weighted by Gasteiger charge is 2.29. The van der Waals surface area contributed by atoms with E-state index in [1.165, 1.54) is 13.2 Å². The summed E-state index contributed by atoms with van der Waals surface area (Å²) in [6.07, 6.45) is 2.80. The third-order valence-corrected chi connectivity index (χ3v) is 3.81. The van der Waals surface area contributed by atoms with Crippen LogP contribution in [0.25, 0.3) is 0 Å². The van der Waals surface area contributed by atoms with Gasteiger partial charge in [0.05, 0.1) is 7.11 Å². The zero-order chi connectivity index (χ0) is 14.5. The Kier molecular flexibility index (Phi) is 5.09. The van der Waals surface area contributed by atoms with Crippen molar-refractivity contribution in [2.24, 2.45) is 5.73 Å². The van der Waals surface area contributed by atoms with Gasteiger partial charge in [0.15, 0.2) is 0 Å². The minimum Gasteiger partial charge on any atom is -0.468 e. The van der Waals surface area contributed by atoms with Crippen molar-refractivity contribution >= 4 is 5.97 Å². The van der Waals surface area contributed by atoms with Crippen molar-refractivity contribution in [3.05, 3.63) is 35.1 Å². The first-order chi connectivity index (χ1) is 9.65. The number of methoxy groups -OCH3 is 1. The minimum atomic E-state index is -0.262. The average molecular weight is 280 g/mol. The lowest BCUT2D eigenvalue weighted by atomic mass is 10.0. The molecule has 0 aromatic heterocycles. The van der Waals surface area contributed by atoms with Crippen molar-refractivity contribution in [2.45, 2.75) is 38.4 Å². The highest BCUT2D eigenvalue weighted by molar-refractivity contribution is 5.75. The van der Waals surface area contributed by atoms with Crippen LogP contribution in [0, 0.1) is 5.82 Å². The van der Waals surface area contributed by atoms with Gasteiger partial charge in [-0.15, -0.1) is 0 Å². The molecule has 2 N–H and O–H groups in total. The van der Waals surface area contributed by atoms with Crippen molar-refractivity contribution in [1.82, 2.24) is 4.90 Å². The quantitative estimate of drug-likeness (QED) is 0.855. The van der Waals surface area contributed by atoms with E-state index >= 15 is 0 Å². The molecule has 5 heteroatoms. The van der Waals surface area contributed by atoms with Gasteiger partial charge in [0, 0.05) is 18.7 Å². The molecule has 0 bridgehead atoms. The number of carbonyl (C=O) groups excluding carboxylic acids is 1. The Morgan fingerprint density at radius 2 is 2.30 bits per heavy atom. The van der Waals surface area contributed by atoms with Gasteiger partial charge >= 0.3 is 5.97 Å². The average Bonchev–Trinajstić information content (AvgIpc) is 2.49. The number of nitrogens with zero attached hydrogens (tertiary/aromatic N) is 1. The number of halogens is 1. The molecule has 1 aromatic rings. The fraction of sp³-hybridized carbons (Fsp3) is 0.533. The van der Waals surface area contributed by atoms with Crippen molar-refractivity contribution in [3.63, 3.8) is 0 Å². The van der Waals surface area contributed by atoms with Crippen LogP contribution in [0.15, 0.2) is 18.2 Å². The second kappa shape index (κ2) is 6.81. The highest BCUT2D eigenvalue weighted by atomic mass is 19.1. The number of carbonyl (C=O) groups is 1. The molecule has 0 spiro atoms. The van der Waals surface area contributed by atoms with E-state index < -0.39 is 0 Å². The predicted molar refractivity (Wildman–Crippen MR) is 74.4 cm³/mol. The third kappa shape index (κ3) is 3.35. The summed E-state index contributed by atoms with van der Waals surface area (Å²) in [5.74, 6) is -0.495. The molecule has 0 aliphatic carbocycles. The third-order valence-electron chi connectivity index (χ3n) is 3.81. The van der Waals surface area contributed by atoms with Crippen LogP contribution in [0.4, 0.5) is 4.39 Å². The molecule has 1 unspecified atom stereocenters. The monoisotopic (exact) mass is 280 g/mol. The Hall–Kier alpha value is -1.46. The summed E-state index contributed by atoms with van der Waals surface area (Å²) in [6, 6.07) is 4.78. The number of hydrogen-bond acceptors (Lipinski definition) is 4. The van der Waals surface area contributed by atoms with Gasteiger partial charge in [0.2, 0.25) is 0 Å². The largest absolute Gasteiger partial charge is 0.468 e. The Morgan fingerprint density at radius 3 is 2.95 bits per heavy atom. The molecule has 1 aromatic carbocycles. The molecule has 4 nitrogen and oxygen atoms in total. The number of ether oxygens (including phenoxy) is 1. The van der Waals surface area contributed by atoms with Crippen LogP contribution in [0.5, 0.6) is 0 Å². The van der Waals surface area contributed by atoms with Crippen molar-refractivity contribution in [2.75, 3.05) is 13.7 Å². The lowest BCUT2D eigenvalue weighted by Crippen LogP contribution is -2.44. The fourth-order valence-electron chi connectivity index (χ4n) is 2.65. The van der Waals surface area contributed by atoms with Gasteiger partial charge in [-0.2, -0.15) is 0 Å². The van der Waals surface area contributed by atoms with E-state index in [0.29, 0.717) is 18.7 Å². The van der Waals surface area contributed by atoms with Crippen LogP contribution in [0.1, 0.15) is 30.4 Å². The van der Waals surface area contributed by atoms with Gasteiger partial charge in [-0.3, -0.25) is 9.69 Å². The van der Waals surface area contributed by atoms with E-state index in [2.05, 4.69) is 0 Å². The standard InChI is InChI=1S/C15H21FN2O2/c1-20-15(19)14-4-2-3-7-18(14)10-12-6-5-11(9-17)8-13(12)16/h5-6,8,14H,2-4,7,9-10,17H2,1H3. The van der Waals surface area contributed by atoms with Crippen LogP contribution in [0.2, 0.25) is 0 Å². The Bertz CT molecular complexity index is 479. The molecule has 0 saturated carbocycles. The molecule has 1 heterocycles. The Morgan fingerprint density at radius 1 is 1.50 bits per heavy atom.